The second-order valence-electron chi connectivity index (χ2n) is 4.18. The molecule has 0 radical (unpaired) electrons. The first-order valence-corrected chi connectivity index (χ1v) is 6.86. The minimum Gasteiger partial charge on any atom is -0.389 e. The van der Waals surface area contributed by atoms with E-state index in [1.165, 1.54) is 0 Å². The highest BCUT2D eigenvalue weighted by Gasteiger charge is 2.11. The molecule has 3 N–H and O–H groups in total. The molecule has 0 amide bonds. The zero-order valence-corrected chi connectivity index (χ0v) is 11.0. The lowest BCUT2D eigenvalue weighted by atomic mass is 10.1. The Labute approximate surface area is 102 Å². The average molecular weight is 258 g/mol. The number of hydrogen-bond donors (Lipinski definition) is 3. The van der Waals surface area contributed by atoms with Crippen molar-refractivity contribution in [3.8, 4) is 0 Å². The van der Waals surface area contributed by atoms with Gasteiger partial charge in [-0.3, -0.25) is 4.72 Å². The van der Waals surface area contributed by atoms with Crippen molar-refractivity contribution in [1.82, 2.24) is 4.72 Å². The van der Waals surface area contributed by atoms with E-state index in [-0.39, 0.29) is 6.04 Å². The van der Waals surface area contributed by atoms with Crippen molar-refractivity contribution in [2.75, 3.05) is 4.72 Å². The van der Waals surface area contributed by atoms with Crippen LogP contribution in [-0.2, 0) is 10.2 Å². The molecule has 1 aromatic rings. The molecule has 1 rings (SSSR count). The lowest BCUT2D eigenvalue weighted by Gasteiger charge is -2.12. The zero-order valence-electron chi connectivity index (χ0n) is 10.1. The maximum atomic E-state index is 11.6. The summed E-state index contributed by atoms with van der Waals surface area (Å²) in [7, 11) is -3.53. The molecule has 0 aromatic heterocycles. The fourth-order valence-electron chi connectivity index (χ4n) is 1.32. The molecule has 17 heavy (non-hydrogen) atoms. The third-order valence-electron chi connectivity index (χ3n) is 2.04. The van der Waals surface area contributed by atoms with Gasteiger partial charge in [0, 0.05) is 11.7 Å². The van der Waals surface area contributed by atoms with Gasteiger partial charge in [-0.15, -0.1) is 0 Å². The number of hydrogen-bond acceptors (Lipinski definition) is 3. The van der Waals surface area contributed by atoms with E-state index >= 15 is 0 Å². The van der Waals surface area contributed by atoms with Crippen LogP contribution in [0.3, 0.4) is 0 Å². The van der Waals surface area contributed by atoms with Gasteiger partial charge in [-0.2, -0.15) is 13.1 Å². The molecule has 1 unspecified atom stereocenters. The van der Waals surface area contributed by atoms with Crippen LogP contribution >= 0.6 is 0 Å². The topological polar surface area (TPSA) is 78.4 Å². The van der Waals surface area contributed by atoms with Crippen LogP contribution in [0.15, 0.2) is 24.3 Å². The van der Waals surface area contributed by atoms with Gasteiger partial charge in [0.25, 0.3) is 10.2 Å². The molecule has 0 spiro atoms. The van der Waals surface area contributed by atoms with Gasteiger partial charge in [-0.25, -0.2) is 0 Å². The third kappa shape index (κ3) is 4.72. The highest BCUT2D eigenvalue weighted by atomic mass is 32.2. The summed E-state index contributed by atoms with van der Waals surface area (Å²) in [6.07, 6.45) is -0.561. The van der Waals surface area contributed by atoms with Crippen molar-refractivity contribution in [2.24, 2.45) is 0 Å². The van der Waals surface area contributed by atoms with Crippen molar-refractivity contribution >= 4 is 15.9 Å². The van der Waals surface area contributed by atoms with Crippen LogP contribution < -0.4 is 9.44 Å². The molecule has 0 aliphatic heterocycles. The van der Waals surface area contributed by atoms with E-state index in [1.807, 2.05) is 0 Å². The van der Waals surface area contributed by atoms with Crippen LogP contribution in [0.2, 0.25) is 0 Å². The molecule has 5 nitrogen and oxygen atoms in total. The first-order valence-electron chi connectivity index (χ1n) is 5.38. The summed E-state index contributed by atoms with van der Waals surface area (Å²) in [5.41, 5.74) is 1.20. The van der Waals surface area contributed by atoms with Gasteiger partial charge in [-0.1, -0.05) is 12.1 Å². The summed E-state index contributed by atoms with van der Waals surface area (Å²) in [6, 6.07) is 6.42. The molecule has 96 valence electrons. The van der Waals surface area contributed by atoms with Gasteiger partial charge in [0.2, 0.25) is 0 Å². The van der Waals surface area contributed by atoms with Crippen LogP contribution in [-0.4, -0.2) is 19.6 Å². The SMILES string of the molecule is CC(C)NS(=O)(=O)Nc1ccc(C(C)O)cc1. The summed E-state index contributed by atoms with van der Waals surface area (Å²) in [6.45, 7) is 5.14. The Morgan fingerprint density at radius 3 is 2.06 bits per heavy atom. The van der Waals surface area contributed by atoms with Crippen molar-refractivity contribution in [3.05, 3.63) is 29.8 Å². The summed E-state index contributed by atoms with van der Waals surface area (Å²) in [5, 5.41) is 9.32. The largest absolute Gasteiger partial charge is 0.389 e. The van der Waals surface area contributed by atoms with Crippen molar-refractivity contribution in [2.45, 2.75) is 32.9 Å². The Morgan fingerprint density at radius 1 is 1.12 bits per heavy atom. The summed E-state index contributed by atoms with van der Waals surface area (Å²) in [4.78, 5) is 0. The van der Waals surface area contributed by atoms with Gasteiger partial charge in [0.05, 0.1) is 6.10 Å². The predicted octanol–water partition coefficient (Wildman–Crippen LogP) is 1.39. The first-order chi connectivity index (χ1) is 7.80. The quantitative estimate of drug-likeness (QED) is 0.747. The lowest BCUT2D eigenvalue weighted by Crippen LogP contribution is -2.35. The van der Waals surface area contributed by atoms with Gasteiger partial charge < -0.3 is 5.11 Å². The number of nitrogens with one attached hydrogen (secondary N) is 2. The van der Waals surface area contributed by atoms with Crippen LogP contribution in [0, 0.1) is 0 Å². The maximum Gasteiger partial charge on any atom is 0.299 e. The number of benzene rings is 1. The summed E-state index contributed by atoms with van der Waals surface area (Å²) in [5.74, 6) is 0. The van der Waals surface area contributed by atoms with E-state index in [4.69, 9.17) is 0 Å². The Balaban J connectivity index is 2.76. The number of anilines is 1. The molecule has 0 aliphatic rings. The van der Waals surface area contributed by atoms with Crippen LogP contribution in [0.1, 0.15) is 32.4 Å². The molecule has 0 saturated carbocycles. The smallest absolute Gasteiger partial charge is 0.299 e. The minimum absolute atomic E-state index is 0.163. The first kappa shape index (κ1) is 14.0. The second kappa shape index (κ2) is 5.48. The monoisotopic (exact) mass is 258 g/mol. The standard InChI is InChI=1S/C11H18N2O3S/c1-8(2)12-17(15,16)13-11-6-4-10(5-7-11)9(3)14/h4-9,12-14H,1-3H3. The van der Waals surface area contributed by atoms with Crippen molar-refractivity contribution < 1.29 is 13.5 Å². The Bertz CT molecular complexity index is 452. The van der Waals surface area contributed by atoms with E-state index in [0.29, 0.717) is 5.69 Å². The number of aliphatic hydroxyl groups excluding tert-OH is 1. The van der Waals surface area contributed by atoms with Crippen LogP contribution in [0.4, 0.5) is 5.69 Å². The van der Waals surface area contributed by atoms with Gasteiger partial charge in [0.15, 0.2) is 0 Å². The van der Waals surface area contributed by atoms with E-state index in [0.717, 1.165) is 5.56 Å². The zero-order chi connectivity index (χ0) is 13.1. The van der Waals surface area contributed by atoms with E-state index in [2.05, 4.69) is 9.44 Å². The van der Waals surface area contributed by atoms with E-state index in [9.17, 15) is 13.5 Å². The number of aliphatic hydroxyl groups is 1. The van der Waals surface area contributed by atoms with Crippen molar-refractivity contribution in [3.63, 3.8) is 0 Å². The fraction of sp³-hybridized carbons (Fsp3) is 0.455. The highest BCUT2D eigenvalue weighted by molar-refractivity contribution is 7.90. The molecule has 1 aromatic carbocycles. The summed E-state index contributed by atoms with van der Waals surface area (Å²) >= 11 is 0. The Morgan fingerprint density at radius 2 is 1.65 bits per heavy atom. The third-order valence-corrected chi connectivity index (χ3v) is 3.32. The highest BCUT2D eigenvalue weighted by Crippen LogP contribution is 2.16. The molecule has 6 heteroatoms. The molecular formula is C11H18N2O3S. The summed E-state index contributed by atoms with van der Waals surface area (Å²) < 4.78 is 27.9. The van der Waals surface area contributed by atoms with Crippen molar-refractivity contribution in [1.29, 1.82) is 0 Å². The number of rotatable bonds is 5. The van der Waals surface area contributed by atoms with E-state index < -0.39 is 16.3 Å². The maximum absolute atomic E-state index is 11.6. The van der Waals surface area contributed by atoms with Gasteiger partial charge >= 0.3 is 0 Å². The Kier molecular flexibility index (Phi) is 4.50. The normalized spacial score (nSPS) is 13.7. The molecule has 0 heterocycles. The molecule has 0 fully saturated rings. The Hall–Kier alpha value is -1.11. The second-order valence-corrected chi connectivity index (χ2v) is 5.62. The minimum atomic E-state index is -3.53. The lowest BCUT2D eigenvalue weighted by molar-refractivity contribution is 0.199. The van der Waals surface area contributed by atoms with Crippen LogP contribution in [0.5, 0.6) is 0 Å². The van der Waals surface area contributed by atoms with E-state index in [1.54, 1.807) is 45.0 Å². The molecule has 0 aliphatic carbocycles. The van der Waals surface area contributed by atoms with Gasteiger partial charge in [0.1, 0.15) is 0 Å². The molecule has 0 bridgehead atoms. The van der Waals surface area contributed by atoms with Crippen LogP contribution in [0.25, 0.3) is 0 Å². The van der Waals surface area contributed by atoms with Gasteiger partial charge in [-0.05, 0) is 38.5 Å². The molecular weight excluding hydrogens is 240 g/mol. The predicted molar refractivity (Wildman–Crippen MR) is 67.9 cm³/mol. The fourth-order valence-corrected chi connectivity index (χ4v) is 2.45. The molecule has 0 saturated heterocycles. The molecule has 1 atom stereocenters. The average Bonchev–Trinajstić information content (AvgIpc) is 2.15.